The molecule has 3 aromatic carbocycles. The fraction of sp³-hybridized carbons (Fsp3) is 0.323. The van der Waals surface area contributed by atoms with Crippen LogP contribution in [0.4, 0.5) is 11.4 Å². The fourth-order valence-electron chi connectivity index (χ4n) is 4.99. The minimum Gasteiger partial charge on any atom is -0.484 e. The number of piperidine rings is 1. The van der Waals surface area contributed by atoms with Gasteiger partial charge in [0.15, 0.2) is 6.61 Å². The van der Waals surface area contributed by atoms with Crippen LogP contribution in [-0.2, 0) is 11.2 Å². The molecule has 0 aliphatic carbocycles. The highest BCUT2D eigenvalue weighted by atomic mass is 16.5. The van der Waals surface area contributed by atoms with Crippen LogP contribution in [0.2, 0.25) is 0 Å². The Morgan fingerprint density at radius 2 is 1.67 bits per heavy atom. The van der Waals surface area contributed by atoms with Crippen molar-refractivity contribution in [3.8, 4) is 16.9 Å². The van der Waals surface area contributed by atoms with Gasteiger partial charge < -0.3 is 19.9 Å². The normalized spacial score (nSPS) is 15.7. The van der Waals surface area contributed by atoms with Crippen LogP contribution in [0.1, 0.15) is 31.2 Å². The van der Waals surface area contributed by atoms with E-state index in [4.69, 9.17) is 4.74 Å². The Balaban J connectivity index is 1.17. The zero-order valence-corrected chi connectivity index (χ0v) is 20.9. The van der Waals surface area contributed by atoms with Crippen molar-refractivity contribution < 1.29 is 9.53 Å². The van der Waals surface area contributed by atoms with Crippen molar-refractivity contribution in [3.05, 3.63) is 90.6 Å². The summed E-state index contributed by atoms with van der Waals surface area (Å²) in [6.07, 6.45) is 10.3. The predicted molar refractivity (Wildman–Crippen MR) is 147 cm³/mol. The quantitative estimate of drug-likeness (QED) is 0.433. The molecule has 0 saturated carbocycles. The molecular weight excluding hydrogens is 446 g/mol. The molecule has 1 N–H and O–H groups in total. The highest BCUT2D eigenvalue weighted by molar-refractivity contribution is 5.77. The van der Waals surface area contributed by atoms with Gasteiger partial charge in [-0.05, 0) is 91.9 Å². The first-order valence-corrected chi connectivity index (χ1v) is 13.1. The lowest BCUT2D eigenvalue weighted by atomic mass is 9.99. The van der Waals surface area contributed by atoms with Gasteiger partial charge in [0.05, 0.1) is 0 Å². The molecular formula is C31H35N3O2. The number of aryl methyl sites for hydroxylation is 1. The molecule has 5 heteroatoms. The summed E-state index contributed by atoms with van der Waals surface area (Å²) >= 11 is 0. The molecule has 2 aliphatic heterocycles. The number of benzene rings is 3. The third kappa shape index (κ3) is 6.16. The fourth-order valence-corrected chi connectivity index (χ4v) is 4.99. The van der Waals surface area contributed by atoms with Crippen LogP contribution in [0.3, 0.4) is 0 Å². The Bertz CT molecular complexity index is 1170. The van der Waals surface area contributed by atoms with Crippen molar-refractivity contribution in [2.45, 2.75) is 32.1 Å². The van der Waals surface area contributed by atoms with Gasteiger partial charge >= 0.3 is 0 Å². The molecule has 1 saturated heterocycles. The number of fused-ring (bicyclic) bond motifs is 1. The summed E-state index contributed by atoms with van der Waals surface area (Å²) in [6, 6.07) is 25.2. The summed E-state index contributed by atoms with van der Waals surface area (Å²) in [4.78, 5) is 16.9. The largest absolute Gasteiger partial charge is 0.484 e. The number of allylic oxidation sites excluding steroid dienone is 1. The molecule has 0 unspecified atom stereocenters. The number of ether oxygens (including phenoxy) is 1. The first-order valence-electron chi connectivity index (χ1n) is 13.1. The number of likely N-dealkylation sites (tertiary alicyclic amines) is 1. The van der Waals surface area contributed by atoms with Crippen LogP contribution in [0.15, 0.2) is 85.1 Å². The lowest BCUT2D eigenvalue weighted by molar-refractivity contribution is -0.123. The summed E-state index contributed by atoms with van der Waals surface area (Å²) < 4.78 is 5.73. The molecule has 0 spiro atoms. The number of nitrogens with zero attached hydrogens (tertiary/aromatic N) is 2. The van der Waals surface area contributed by atoms with E-state index in [1.165, 1.54) is 41.8 Å². The number of carbonyl (C=O) groups is 1. The lowest BCUT2D eigenvalue weighted by Gasteiger charge is -2.26. The summed E-state index contributed by atoms with van der Waals surface area (Å²) in [5.41, 5.74) is 6.06. The number of nitrogens with one attached hydrogen (secondary N) is 1. The minimum atomic E-state index is -0.0709. The summed E-state index contributed by atoms with van der Waals surface area (Å²) in [7, 11) is 0. The van der Waals surface area contributed by atoms with Crippen LogP contribution in [0.25, 0.3) is 11.1 Å². The van der Waals surface area contributed by atoms with Crippen molar-refractivity contribution in [1.29, 1.82) is 0 Å². The minimum absolute atomic E-state index is 0.0422. The Morgan fingerprint density at radius 1 is 0.889 bits per heavy atom. The van der Waals surface area contributed by atoms with Crippen LogP contribution < -0.4 is 15.0 Å². The average molecular weight is 482 g/mol. The van der Waals surface area contributed by atoms with Crippen LogP contribution >= 0.6 is 0 Å². The summed E-state index contributed by atoms with van der Waals surface area (Å²) in [6.45, 7) is 3.92. The summed E-state index contributed by atoms with van der Waals surface area (Å²) in [5, 5.41) is 2.97. The molecule has 2 aliphatic rings. The van der Waals surface area contributed by atoms with Gasteiger partial charge in [-0.1, -0.05) is 48.9 Å². The molecule has 5 nitrogen and oxygen atoms in total. The van der Waals surface area contributed by atoms with Crippen LogP contribution in [0, 0.1) is 0 Å². The molecule has 186 valence electrons. The van der Waals surface area contributed by atoms with Gasteiger partial charge in [-0.2, -0.15) is 0 Å². The number of hydrogen-bond donors (Lipinski definition) is 1. The van der Waals surface area contributed by atoms with E-state index in [1.54, 1.807) is 0 Å². The third-order valence-electron chi connectivity index (χ3n) is 6.96. The lowest BCUT2D eigenvalue weighted by Crippen LogP contribution is -2.39. The topological polar surface area (TPSA) is 44.8 Å². The monoisotopic (exact) mass is 481 g/mol. The maximum atomic E-state index is 12.2. The first kappa shape index (κ1) is 24.1. The SMILES string of the molecule is O=C(COc1ccc(-c2ccc3c(c2)CCC=CN3c2ccccc2)cc1)NCCN1CCCCC1. The number of carbonyl (C=O) groups excluding carboxylic acids is 1. The Labute approximate surface area is 214 Å². The summed E-state index contributed by atoms with van der Waals surface area (Å²) in [5.74, 6) is 0.637. The molecule has 0 aromatic heterocycles. The molecule has 5 rings (SSSR count). The smallest absolute Gasteiger partial charge is 0.257 e. The van der Waals surface area contributed by atoms with E-state index in [1.807, 2.05) is 18.2 Å². The highest BCUT2D eigenvalue weighted by Crippen LogP contribution is 2.35. The first-order chi connectivity index (χ1) is 17.8. The van der Waals surface area contributed by atoms with Gasteiger partial charge in [0.2, 0.25) is 0 Å². The molecule has 1 fully saturated rings. The van der Waals surface area contributed by atoms with E-state index >= 15 is 0 Å². The van der Waals surface area contributed by atoms with Gasteiger partial charge in [0.25, 0.3) is 5.91 Å². The van der Waals surface area contributed by atoms with E-state index in [9.17, 15) is 4.79 Å². The molecule has 2 heterocycles. The molecule has 1 amide bonds. The number of hydrogen-bond acceptors (Lipinski definition) is 4. The molecule has 0 atom stereocenters. The molecule has 0 bridgehead atoms. The van der Waals surface area contributed by atoms with E-state index < -0.39 is 0 Å². The van der Waals surface area contributed by atoms with Crippen molar-refractivity contribution in [2.24, 2.45) is 0 Å². The zero-order valence-electron chi connectivity index (χ0n) is 20.9. The van der Waals surface area contributed by atoms with E-state index in [-0.39, 0.29) is 12.5 Å². The standard InChI is InChI=1S/C31H35N3O2/c35-31(32-18-22-33-19-6-2-7-20-33)24-36-29-15-12-25(13-16-29)26-14-17-30-27(23-26)9-5-8-21-34(30)28-10-3-1-4-11-28/h1,3-4,8,10-17,21,23H,2,5-7,9,18-20,22,24H2,(H,32,35). The van der Waals surface area contributed by atoms with E-state index in [0.29, 0.717) is 12.3 Å². The highest BCUT2D eigenvalue weighted by Gasteiger charge is 2.15. The number of anilines is 2. The van der Waals surface area contributed by atoms with Crippen molar-refractivity contribution in [2.75, 3.05) is 37.7 Å². The van der Waals surface area contributed by atoms with E-state index in [2.05, 4.69) is 82.0 Å². The van der Waals surface area contributed by atoms with E-state index in [0.717, 1.165) is 38.0 Å². The average Bonchev–Trinajstić information content (AvgIpc) is 3.15. The van der Waals surface area contributed by atoms with Crippen LogP contribution in [-0.4, -0.2) is 43.6 Å². The Kier molecular flexibility index (Phi) is 7.99. The van der Waals surface area contributed by atoms with Gasteiger partial charge in [0.1, 0.15) is 5.75 Å². The Morgan fingerprint density at radius 3 is 2.47 bits per heavy atom. The number of amides is 1. The second-order valence-corrected chi connectivity index (χ2v) is 9.54. The Hall–Kier alpha value is -3.57. The second-order valence-electron chi connectivity index (χ2n) is 9.54. The van der Waals surface area contributed by atoms with Crippen molar-refractivity contribution in [3.63, 3.8) is 0 Å². The number of rotatable bonds is 8. The van der Waals surface area contributed by atoms with Crippen LogP contribution in [0.5, 0.6) is 5.75 Å². The van der Waals surface area contributed by atoms with Crippen molar-refractivity contribution in [1.82, 2.24) is 10.2 Å². The molecule has 3 aromatic rings. The zero-order chi connectivity index (χ0) is 24.6. The maximum absolute atomic E-state index is 12.2. The van der Waals surface area contributed by atoms with Gasteiger partial charge in [0, 0.05) is 30.7 Å². The number of para-hydroxylation sites is 1. The molecule has 0 radical (unpaired) electrons. The van der Waals surface area contributed by atoms with Gasteiger partial charge in [-0.15, -0.1) is 0 Å². The predicted octanol–water partition coefficient (Wildman–Crippen LogP) is 5.93. The second kappa shape index (κ2) is 11.9. The van der Waals surface area contributed by atoms with Gasteiger partial charge in [-0.25, -0.2) is 0 Å². The van der Waals surface area contributed by atoms with Gasteiger partial charge in [-0.3, -0.25) is 4.79 Å². The molecule has 36 heavy (non-hydrogen) atoms. The maximum Gasteiger partial charge on any atom is 0.257 e. The third-order valence-corrected chi connectivity index (χ3v) is 6.96. The van der Waals surface area contributed by atoms with Crippen molar-refractivity contribution >= 4 is 17.3 Å².